The van der Waals surface area contributed by atoms with Gasteiger partial charge in [-0.2, -0.15) is 0 Å². The van der Waals surface area contributed by atoms with E-state index in [1.807, 2.05) is 18.2 Å². The Morgan fingerprint density at radius 2 is 2.06 bits per heavy atom. The predicted molar refractivity (Wildman–Crippen MR) is 65.9 cm³/mol. The van der Waals surface area contributed by atoms with E-state index in [0.29, 0.717) is 31.1 Å². The summed E-state index contributed by atoms with van der Waals surface area (Å²) in [5.74, 6) is 0.484. The Hall–Kier alpha value is -1.75. The Morgan fingerprint density at radius 3 is 2.67 bits per heavy atom. The highest BCUT2D eigenvalue weighted by molar-refractivity contribution is 5.75. The molecule has 0 amide bonds. The van der Waals surface area contributed by atoms with Crippen LogP contribution in [-0.4, -0.2) is 30.8 Å². The molecule has 98 valence electrons. The Morgan fingerprint density at radius 1 is 1.39 bits per heavy atom. The molecule has 1 aliphatic rings. The number of carboxylic acid groups (broad SMARTS) is 1. The van der Waals surface area contributed by atoms with Crippen LogP contribution < -0.4 is 15.2 Å². The molecule has 0 aliphatic carbocycles. The van der Waals surface area contributed by atoms with Gasteiger partial charge in [-0.15, -0.1) is 0 Å². The maximum Gasteiger partial charge on any atom is 0.310 e. The standard InChI is InChI=1S/C13H17NO4/c1-13(8-14,12(15)16)7-9-2-3-10-11(6-9)18-5-4-17-10/h2-3,6H,4-5,7-8,14H2,1H3,(H,15,16). The largest absolute Gasteiger partial charge is 0.486 e. The average Bonchev–Trinajstić information content (AvgIpc) is 2.38. The zero-order chi connectivity index (χ0) is 13.2. The number of benzene rings is 1. The summed E-state index contributed by atoms with van der Waals surface area (Å²) in [6, 6.07) is 5.48. The second-order valence-corrected chi connectivity index (χ2v) is 4.72. The van der Waals surface area contributed by atoms with Crippen LogP contribution in [0.15, 0.2) is 18.2 Å². The summed E-state index contributed by atoms with van der Waals surface area (Å²) >= 11 is 0. The molecule has 1 aromatic carbocycles. The lowest BCUT2D eigenvalue weighted by Gasteiger charge is -2.24. The smallest absolute Gasteiger partial charge is 0.310 e. The third-order valence-corrected chi connectivity index (χ3v) is 3.17. The van der Waals surface area contributed by atoms with Crippen LogP contribution in [0.1, 0.15) is 12.5 Å². The summed E-state index contributed by atoms with van der Waals surface area (Å²) < 4.78 is 10.9. The third-order valence-electron chi connectivity index (χ3n) is 3.17. The predicted octanol–water partition coefficient (Wildman–Crippen LogP) is 1.05. The Balaban J connectivity index is 2.22. The molecule has 5 nitrogen and oxygen atoms in total. The van der Waals surface area contributed by atoms with E-state index in [9.17, 15) is 9.90 Å². The molecule has 1 heterocycles. The molecule has 1 atom stereocenters. The van der Waals surface area contributed by atoms with Crippen LogP contribution in [0.5, 0.6) is 11.5 Å². The van der Waals surface area contributed by atoms with E-state index in [0.717, 1.165) is 5.56 Å². The summed E-state index contributed by atoms with van der Waals surface area (Å²) in [6.07, 6.45) is 0.371. The van der Waals surface area contributed by atoms with Gasteiger partial charge in [-0.05, 0) is 31.0 Å². The van der Waals surface area contributed by atoms with E-state index < -0.39 is 11.4 Å². The minimum atomic E-state index is -0.955. The minimum Gasteiger partial charge on any atom is -0.486 e. The van der Waals surface area contributed by atoms with Crippen molar-refractivity contribution in [3.05, 3.63) is 23.8 Å². The van der Waals surface area contributed by atoms with Crippen LogP contribution in [-0.2, 0) is 11.2 Å². The zero-order valence-electron chi connectivity index (χ0n) is 10.3. The topological polar surface area (TPSA) is 81.8 Å². The van der Waals surface area contributed by atoms with Crippen LogP contribution in [0.4, 0.5) is 0 Å². The molecule has 5 heteroatoms. The number of nitrogens with two attached hydrogens (primary N) is 1. The zero-order valence-corrected chi connectivity index (χ0v) is 10.3. The molecule has 0 aromatic heterocycles. The SMILES string of the molecule is CC(CN)(Cc1ccc2c(c1)OCCO2)C(=O)O. The van der Waals surface area contributed by atoms with Crippen molar-refractivity contribution in [1.29, 1.82) is 0 Å². The Bertz CT molecular complexity index is 460. The molecule has 0 spiro atoms. The first-order valence-corrected chi connectivity index (χ1v) is 5.87. The lowest BCUT2D eigenvalue weighted by Crippen LogP contribution is -2.37. The van der Waals surface area contributed by atoms with Gasteiger partial charge in [0.15, 0.2) is 11.5 Å². The molecule has 18 heavy (non-hydrogen) atoms. The van der Waals surface area contributed by atoms with E-state index in [-0.39, 0.29) is 6.54 Å². The molecule has 1 aromatic rings. The quantitative estimate of drug-likeness (QED) is 0.835. The van der Waals surface area contributed by atoms with E-state index in [1.165, 1.54) is 0 Å². The van der Waals surface area contributed by atoms with Crippen molar-refractivity contribution >= 4 is 5.97 Å². The van der Waals surface area contributed by atoms with Gasteiger partial charge in [0.2, 0.25) is 0 Å². The summed E-state index contributed by atoms with van der Waals surface area (Å²) in [7, 11) is 0. The molecule has 1 unspecified atom stereocenters. The number of rotatable bonds is 4. The van der Waals surface area contributed by atoms with E-state index in [1.54, 1.807) is 6.92 Å². The summed E-state index contributed by atoms with van der Waals surface area (Å²) in [5, 5.41) is 9.20. The van der Waals surface area contributed by atoms with Crippen molar-refractivity contribution in [2.45, 2.75) is 13.3 Å². The van der Waals surface area contributed by atoms with Gasteiger partial charge < -0.3 is 20.3 Å². The first-order chi connectivity index (χ1) is 8.55. The lowest BCUT2D eigenvalue weighted by atomic mass is 9.84. The molecule has 1 aliphatic heterocycles. The molecular weight excluding hydrogens is 234 g/mol. The molecule has 0 fully saturated rings. The fourth-order valence-corrected chi connectivity index (χ4v) is 1.88. The van der Waals surface area contributed by atoms with Crippen molar-refractivity contribution in [3.8, 4) is 11.5 Å². The van der Waals surface area contributed by atoms with Gasteiger partial charge in [-0.3, -0.25) is 4.79 Å². The van der Waals surface area contributed by atoms with Crippen LogP contribution in [0, 0.1) is 5.41 Å². The number of fused-ring (bicyclic) bond motifs is 1. The summed E-state index contributed by atoms with van der Waals surface area (Å²) in [5.41, 5.74) is 5.49. The molecule has 0 radical (unpaired) electrons. The monoisotopic (exact) mass is 251 g/mol. The number of hydrogen-bond donors (Lipinski definition) is 2. The van der Waals surface area contributed by atoms with Gasteiger partial charge in [0.1, 0.15) is 13.2 Å². The second-order valence-electron chi connectivity index (χ2n) is 4.72. The van der Waals surface area contributed by atoms with E-state index in [4.69, 9.17) is 15.2 Å². The fourth-order valence-electron chi connectivity index (χ4n) is 1.88. The van der Waals surface area contributed by atoms with E-state index in [2.05, 4.69) is 0 Å². The molecule has 0 bridgehead atoms. The molecule has 0 saturated carbocycles. The summed E-state index contributed by atoms with van der Waals surface area (Å²) in [6.45, 7) is 2.80. The number of carbonyl (C=O) groups is 1. The number of carboxylic acids is 1. The van der Waals surface area contributed by atoms with Crippen LogP contribution in [0.2, 0.25) is 0 Å². The minimum absolute atomic E-state index is 0.0940. The Labute approximate surface area is 106 Å². The summed E-state index contributed by atoms with van der Waals surface area (Å²) in [4.78, 5) is 11.2. The molecule has 2 rings (SSSR count). The maximum atomic E-state index is 11.2. The number of hydrogen-bond acceptors (Lipinski definition) is 4. The van der Waals surface area contributed by atoms with Crippen LogP contribution in [0.25, 0.3) is 0 Å². The third kappa shape index (κ3) is 2.41. The van der Waals surface area contributed by atoms with Gasteiger partial charge in [0, 0.05) is 6.54 Å². The highest BCUT2D eigenvalue weighted by Crippen LogP contribution is 2.33. The first-order valence-electron chi connectivity index (χ1n) is 5.87. The lowest BCUT2D eigenvalue weighted by molar-refractivity contribution is -0.147. The van der Waals surface area contributed by atoms with Crippen molar-refractivity contribution in [1.82, 2.24) is 0 Å². The van der Waals surface area contributed by atoms with E-state index >= 15 is 0 Å². The van der Waals surface area contributed by atoms with Crippen molar-refractivity contribution in [2.24, 2.45) is 11.1 Å². The molecular formula is C13H17NO4. The van der Waals surface area contributed by atoms with Gasteiger partial charge in [0.05, 0.1) is 5.41 Å². The van der Waals surface area contributed by atoms with Gasteiger partial charge in [0.25, 0.3) is 0 Å². The number of ether oxygens (including phenoxy) is 2. The Kier molecular flexibility index (Phi) is 3.43. The molecule has 0 saturated heterocycles. The highest BCUT2D eigenvalue weighted by atomic mass is 16.6. The van der Waals surface area contributed by atoms with Gasteiger partial charge in [-0.25, -0.2) is 0 Å². The normalized spacial score (nSPS) is 17.0. The highest BCUT2D eigenvalue weighted by Gasteiger charge is 2.32. The van der Waals surface area contributed by atoms with Gasteiger partial charge >= 0.3 is 5.97 Å². The van der Waals surface area contributed by atoms with Crippen LogP contribution in [0.3, 0.4) is 0 Å². The fraction of sp³-hybridized carbons (Fsp3) is 0.462. The maximum absolute atomic E-state index is 11.2. The van der Waals surface area contributed by atoms with Crippen molar-refractivity contribution in [2.75, 3.05) is 19.8 Å². The number of aliphatic carboxylic acids is 1. The van der Waals surface area contributed by atoms with Gasteiger partial charge in [-0.1, -0.05) is 6.07 Å². The van der Waals surface area contributed by atoms with Crippen LogP contribution >= 0.6 is 0 Å². The first kappa shape index (κ1) is 12.7. The second kappa shape index (κ2) is 4.86. The average molecular weight is 251 g/mol. The molecule has 3 N–H and O–H groups in total. The van der Waals surface area contributed by atoms with Crippen molar-refractivity contribution in [3.63, 3.8) is 0 Å². The van der Waals surface area contributed by atoms with Crippen molar-refractivity contribution < 1.29 is 19.4 Å².